The summed E-state index contributed by atoms with van der Waals surface area (Å²) in [5.41, 5.74) is 6.25. The first-order valence-electron chi connectivity index (χ1n) is 4.84. The van der Waals surface area contributed by atoms with Gasteiger partial charge in [0.25, 0.3) is 5.91 Å². The fourth-order valence-electron chi connectivity index (χ4n) is 1.39. The molecular formula is C11H15FN2O2. The highest BCUT2D eigenvalue weighted by Crippen LogP contribution is 2.23. The molecule has 1 rings (SSSR count). The van der Waals surface area contributed by atoms with Gasteiger partial charge in [-0.2, -0.15) is 0 Å². The predicted molar refractivity (Wildman–Crippen MR) is 59.0 cm³/mol. The number of carbonyl (C=O) groups excluding carboxylic acids is 1. The van der Waals surface area contributed by atoms with Crippen LogP contribution in [0, 0.1) is 5.82 Å². The third kappa shape index (κ3) is 2.49. The molecule has 16 heavy (non-hydrogen) atoms. The fourth-order valence-corrected chi connectivity index (χ4v) is 1.39. The van der Waals surface area contributed by atoms with E-state index in [1.54, 1.807) is 6.92 Å². The lowest BCUT2D eigenvalue weighted by molar-refractivity contribution is -0.170. The molecule has 88 valence electrons. The number of halogens is 1. The zero-order chi connectivity index (χ0) is 12.3. The van der Waals surface area contributed by atoms with Gasteiger partial charge in [0.05, 0.1) is 13.0 Å². The highest BCUT2D eigenvalue weighted by Gasteiger charge is 2.22. The monoisotopic (exact) mass is 226 g/mol. The number of hydrogen-bond donors (Lipinski definition) is 1. The molecule has 0 heterocycles. The second-order valence-electron chi connectivity index (χ2n) is 3.52. The minimum atomic E-state index is -0.631. The normalized spacial score (nSPS) is 12.2. The molecule has 4 nitrogen and oxygen atoms in total. The lowest BCUT2D eigenvalue weighted by Crippen LogP contribution is -2.30. The largest absolute Gasteiger partial charge is 0.399 e. The van der Waals surface area contributed by atoms with E-state index >= 15 is 0 Å². The third-order valence-corrected chi connectivity index (χ3v) is 2.44. The number of benzene rings is 1. The van der Waals surface area contributed by atoms with Crippen LogP contribution < -0.4 is 5.73 Å². The summed E-state index contributed by atoms with van der Waals surface area (Å²) in [6, 6.07) is 4.17. The van der Waals surface area contributed by atoms with Gasteiger partial charge in [-0.3, -0.25) is 9.63 Å². The van der Waals surface area contributed by atoms with Gasteiger partial charge in [0.1, 0.15) is 5.82 Å². The summed E-state index contributed by atoms with van der Waals surface area (Å²) < 4.78 is 13.5. The van der Waals surface area contributed by atoms with Gasteiger partial charge < -0.3 is 5.73 Å². The van der Waals surface area contributed by atoms with Gasteiger partial charge in [-0.15, -0.1) is 0 Å². The Morgan fingerprint density at radius 3 is 2.75 bits per heavy atom. The second-order valence-corrected chi connectivity index (χ2v) is 3.52. The molecule has 0 radical (unpaired) electrons. The van der Waals surface area contributed by atoms with E-state index in [9.17, 15) is 9.18 Å². The van der Waals surface area contributed by atoms with E-state index in [2.05, 4.69) is 0 Å². The van der Waals surface area contributed by atoms with Gasteiger partial charge in [0.15, 0.2) is 0 Å². The summed E-state index contributed by atoms with van der Waals surface area (Å²) in [6.45, 7) is 1.61. The van der Waals surface area contributed by atoms with Crippen molar-refractivity contribution in [2.24, 2.45) is 0 Å². The minimum Gasteiger partial charge on any atom is -0.399 e. The number of nitrogens with zero attached hydrogens (tertiary/aromatic N) is 1. The minimum absolute atomic E-state index is 0.272. The zero-order valence-electron chi connectivity index (χ0n) is 9.53. The Morgan fingerprint density at radius 2 is 2.19 bits per heavy atom. The Kier molecular flexibility index (Phi) is 3.84. The fraction of sp³-hybridized carbons (Fsp3) is 0.364. The van der Waals surface area contributed by atoms with Crippen LogP contribution in [0.15, 0.2) is 18.2 Å². The Morgan fingerprint density at radius 1 is 1.56 bits per heavy atom. The molecule has 0 aliphatic rings. The van der Waals surface area contributed by atoms with Crippen molar-refractivity contribution in [1.82, 2.24) is 5.06 Å². The van der Waals surface area contributed by atoms with E-state index in [-0.39, 0.29) is 11.5 Å². The molecule has 0 aromatic heterocycles. The van der Waals surface area contributed by atoms with Crippen molar-refractivity contribution in [2.45, 2.75) is 12.8 Å². The first-order chi connectivity index (χ1) is 7.47. The molecular weight excluding hydrogens is 211 g/mol. The third-order valence-electron chi connectivity index (χ3n) is 2.44. The average molecular weight is 226 g/mol. The highest BCUT2D eigenvalue weighted by atomic mass is 19.1. The molecule has 0 fully saturated rings. The number of carbonyl (C=O) groups is 1. The molecule has 1 aromatic rings. The summed E-state index contributed by atoms with van der Waals surface area (Å²) in [7, 11) is 2.85. The van der Waals surface area contributed by atoms with Gasteiger partial charge in [0, 0.05) is 18.3 Å². The second kappa shape index (κ2) is 4.94. The van der Waals surface area contributed by atoms with Gasteiger partial charge in [-0.05, 0) is 25.1 Å². The topological polar surface area (TPSA) is 55.6 Å². The van der Waals surface area contributed by atoms with Crippen molar-refractivity contribution in [3.05, 3.63) is 29.6 Å². The van der Waals surface area contributed by atoms with E-state index in [0.717, 1.165) is 5.06 Å². The summed E-state index contributed by atoms with van der Waals surface area (Å²) in [4.78, 5) is 16.5. The number of anilines is 1. The molecule has 0 spiro atoms. The van der Waals surface area contributed by atoms with Crippen molar-refractivity contribution in [2.75, 3.05) is 19.9 Å². The molecule has 0 aliphatic carbocycles. The maximum atomic E-state index is 13.5. The molecule has 1 unspecified atom stereocenters. The summed E-state index contributed by atoms with van der Waals surface area (Å²) >= 11 is 0. The van der Waals surface area contributed by atoms with Crippen LogP contribution in [0.5, 0.6) is 0 Å². The van der Waals surface area contributed by atoms with Crippen LogP contribution >= 0.6 is 0 Å². The molecule has 0 saturated carbocycles. The first-order valence-corrected chi connectivity index (χ1v) is 4.84. The molecule has 0 saturated heterocycles. The van der Waals surface area contributed by atoms with Gasteiger partial charge in [-0.25, -0.2) is 9.45 Å². The standard InChI is InChI=1S/C11H15FN2O2/c1-7(11(15)14(2)16-3)9-6-8(13)4-5-10(9)12/h4-7H,13H2,1-3H3. The number of nitrogen functional groups attached to an aromatic ring is 1. The van der Waals surface area contributed by atoms with Crippen LogP contribution in [0.25, 0.3) is 0 Å². The lowest BCUT2D eigenvalue weighted by atomic mass is 9.99. The Labute approximate surface area is 93.8 Å². The first kappa shape index (κ1) is 12.4. The molecule has 1 atom stereocenters. The van der Waals surface area contributed by atoms with Crippen molar-refractivity contribution in [1.29, 1.82) is 0 Å². The zero-order valence-corrected chi connectivity index (χ0v) is 9.53. The highest BCUT2D eigenvalue weighted by molar-refractivity contribution is 5.82. The summed E-state index contributed by atoms with van der Waals surface area (Å²) in [6.07, 6.45) is 0. The molecule has 0 bridgehead atoms. The quantitative estimate of drug-likeness (QED) is 0.628. The number of hydroxylamine groups is 2. The van der Waals surface area contributed by atoms with Crippen LogP contribution in [0.1, 0.15) is 18.4 Å². The SMILES string of the molecule is CON(C)C(=O)C(C)c1cc(N)ccc1F. The van der Waals surface area contributed by atoms with Crippen LogP contribution in [-0.2, 0) is 9.63 Å². The molecule has 1 aromatic carbocycles. The number of nitrogens with two attached hydrogens (primary N) is 1. The smallest absolute Gasteiger partial charge is 0.253 e. The van der Waals surface area contributed by atoms with E-state index in [1.807, 2.05) is 0 Å². The maximum Gasteiger partial charge on any atom is 0.253 e. The number of hydrogen-bond acceptors (Lipinski definition) is 3. The van der Waals surface area contributed by atoms with E-state index in [0.29, 0.717) is 5.69 Å². The van der Waals surface area contributed by atoms with E-state index in [4.69, 9.17) is 10.6 Å². The van der Waals surface area contributed by atoms with Crippen molar-refractivity contribution >= 4 is 11.6 Å². The van der Waals surface area contributed by atoms with Crippen molar-refractivity contribution in [3.8, 4) is 0 Å². The summed E-state index contributed by atoms with van der Waals surface area (Å²) in [5.74, 6) is -1.40. The van der Waals surface area contributed by atoms with Gasteiger partial charge >= 0.3 is 0 Å². The molecule has 2 N–H and O–H groups in total. The Bertz CT molecular complexity index is 396. The van der Waals surface area contributed by atoms with E-state index in [1.165, 1.54) is 32.4 Å². The van der Waals surface area contributed by atoms with Crippen LogP contribution in [0.4, 0.5) is 10.1 Å². The van der Waals surface area contributed by atoms with Crippen LogP contribution in [0.3, 0.4) is 0 Å². The molecule has 5 heteroatoms. The number of amides is 1. The summed E-state index contributed by atoms with van der Waals surface area (Å²) in [5, 5.41) is 1.06. The Hall–Kier alpha value is -1.62. The van der Waals surface area contributed by atoms with Crippen LogP contribution in [0.2, 0.25) is 0 Å². The van der Waals surface area contributed by atoms with Crippen LogP contribution in [-0.4, -0.2) is 25.1 Å². The number of rotatable bonds is 3. The van der Waals surface area contributed by atoms with Gasteiger partial charge in [0.2, 0.25) is 0 Å². The average Bonchev–Trinajstić information content (AvgIpc) is 2.29. The van der Waals surface area contributed by atoms with Gasteiger partial charge in [-0.1, -0.05) is 0 Å². The van der Waals surface area contributed by atoms with Crippen molar-refractivity contribution in [3.63, 3.8) is 0 Å². The lowest BCUT2D eigenvalue weighted by Gasteiger charge is -2.19. The molecule has 0 aliphatic heterocycles. The Balaban J connectivity index is 3.00. The van der Waals surface area contributed by atoms with E-state index < -0.39 is 11.7 Å². The maximum absolute atomic E-state index is 13.5. The van der Waals surface area contributed by atoms with Crippen molar-refractivity contribution < 1.29 is 14.0 Å². The predicted octanol–water partition coefficient (Wildman–Crippen LogP) is 1.53. The molecule has 1 amide bonds. The number of likely N-dealkylation sites (N-methyl/N-ethyl adjacent to an activating group) is 1.